The summed E-state index contributed by atoms with van der Waals surface area (Å²) in [6, 6.07) is 3.48. The van der Waals surface area contributed by atoms with Crippen LogP contribution >= 0.6 is 11.3 Å². The van der Waals surface area contributed by atoms with Gasteiger partial charge in [-0.05, 0) is 12.1 Å². The molecule has 7 heteroatoms. The standard InChI is InChI=1S/C17H20N4O2S/c1-4-9-20(10-5-2)14(12-8-7-11-23-12)15-16(22)21-17(24-15)18-13(6-3)19-21/h4-5,7-8,11,14,22H,1-2,6,9-10H2,3H3. The van der Waals surface area contributed by atoms with E-state index in [0.29, 0.717) is 23.9 Å². The molecule has 3 aromatic heterocycles. The van der Waals surface area contributed by atoms with Gasteiger partial charge in [-0.3, -0.25) is 4.90 Å². The van der Waals surface area contributed by atoms with Crippen molar-refractivity contribution in [2.24, 2.45) is 0 Å². The van der Waals surface area contributed by atoms with Crippen LogP contribution in [0.4, 0.5) is 0 Å². The van der Waals surface area contributed by atoms with Crippen LogP contribution in [-0.4, -0.2) is 37.7 Å². The summed E-state index contributed by atoms with van der Waals surface area (Å²) in [7, 11) is 0. The monoisotopic (exact) mass is 344 g/mol. The van der Waals surface area contributed by atoms with Gasteiger partial charge in [-0.15, -0.1) is 18.3 Å². The van der Waals surface area contributed by atoms with Crippen molar-refractivity contribution in [2.45, 2.75) is 19.4 Å². The van der Waals surface area contributed by atoms with Crippen molar-refractivity contribution in [1.29, 1.82) is 0 Å². The van der Waals surface area contributed by atoms with Crippen LogP contribution < -0.4 is 0 Å². The fourth-order valence-electron chi connectivity index (χ4n) is 2.66. The number of nitrogens with zero attached hydrogens (tertiary/aromatic N) is 4. The highest BCUT2D eigenvalue weighted by molar-refractivity contribution is 7.17. The minimum absolute atomic E-state index is 0.0988. The molecular weight excluding hydrogens is 324 g/mol. The third kappa shape index (κ3) is 2.88. The van der Waals surface area contributed by atoms with Crippen LogP contribution in [0.15, 0.2) is 48.1 Å². The molecule has 0 saturated carbocycles. The maximum Gasteiger partial charge on any atom is 0.230 e. The van der Waals surface area contributed by atoms with E-state index in [1.165, 1.54) is 15.9 Å². The van der Waals surface area contributed by atoms with E-state index in [1.807, 2.05) is 31.2 Å². The number of fused-ring (bicyclic) bond motifs is 1. The zero-order valence-electron chi connectivity index (χ0n) is 13.6. The van der Waals surface area contributed by atoms with Gasteiger partial charge in [0.2, 0.25) is 10.8 Å². The summed E-state index contributed by atoms with van der Waals surface area (Å²) >= 11 is 1.42. The van der Waals surface area contributed by atoms with Gasteiger partial charge in [0.1, 0.15) is 11.8 Å². The van der Waals surface area contributed by atoms with E-state index in [1.54, 1.807) is 6.26 Å². The van der Waals surface area contributed by atoms with Crippen LogP contribution in [0.1, 0.15) is 29.4 Å². The van der Waals surface area contributed by atoms with Gasteiger partial charge in [-0.1, -0.05) is 30.4 Å². The molecule has 0 spiro atoms. The Morgan fingerprint density at radius 2 is 2.17 bits per heavy atom. The molecular formula is C17H20N4O2S. The van der Waals surface area contributed by atoms with Crippen LogP contribution in [-0.2, 0) is 6.42 Å². The van der Waals surface area contributed by atoms with E-state index >= 15 is 0 Å². The molecule has 126 valence electrons. The number of thiazole rings is 1. The van der Waals surface area contributed by atoms with Crippen molar-refractivity contribution >= 4 is 16.3 Å². The first-order chi connectivity index (χ1) is 11.7. The summed E-state index contributed by atoms with van der Waals surface area (Å²) in [5, 5.41) is 15.0. The lowest BCUT2D eigenvalue weighted by Crippen LogP contribution is -2.29. The van der Waals surface area contributed by atoms with E-state index < -0.39 is 0 Å². The molecule has 0 radical (unpaired) electrons. The van der Waals surface area contributed by atoms with E-state index in [9.17, 15) is 5.11 Å². The minimum Gasteiger partial charge on any atom is -0.492 e. The molecule has 0 aliphatic heterocycles. The van der Waals surface area contributed by atoms with Gasteiger partial charge in [0.05, 0.1) is 11.1 Å². The average molecular weight is 344 g/mol. The van der Waals surface area contributed by atoms with Gasteiger partial charge in [0, 0.05) is 19.5 Å². The number of aromatic hydroxyl groups is 1. The summed E-state index contributed by atoms with van der Waals surface area (Å²) < 4.78 is 7.13. The molecule has 6 nitrogen and oxygen atoms in total. The molecule has 3 heterocycles. The van der Waals surface area contributed by atoms with E-state index in [-0.39, 0.29) is 11.9 Å². The summed E-state index contributed by atoms with van der Waals surface area (Å²) in [5.41, 5.74) is 0. The quantitative estimate of drug-likeness (QED) is 0.634. The summed E-state index contributed by atoms with van der Waals surface area (Å²) in [4.78, 5) is 7.98. The van der Waals surface area contributed by atoms with Gasteiger partial charge >= 0.3 is 0 Å². The second-order valence-corrected chi connectivity index (χ2v) is 6.32. The number of hydrogen-bond acceptors (Lipinski definition) is 6. The van der Waals surface area contributed by atoms with Crippen molar-refractivity contribution < 1.29 is 9.52 Å². The Kier molecular flexibility index (Phi) is 4.82. The molecule has 0 aliphatic carbocycles. The van der Waals surface area contributed by atoms with Gasteiger partial charge < -0.3 is 9.52 Å². The zero-order chi connectivity index (χ0) is 17.1. The van der Waals surface area contributed by atoms with Gasteiger partial charge in [-0.25, -0.2) is 4.98 Å². The normalized spacial score (nSPS) is 12.8. The smallest absolute Gasteiger partial charge is 0.230 e. The molecule has 1 N–H and O–H groups in total. The Balaban J connectivity index is 2.11. The average Bonchev–Trinajstić information content (AvgIpc) is 3.28. The Bertz CT molecular complexity index is 824. The van der Waals surface area contributed by atoms with Crippen molar-refractivity contribution in [3.63, 3.8) is 0 Å². The molecule has 0 fully saturated rings. The molecule has 1 atom stereocenters. The summed E-state index contributed by atoms with van der Waals surface area (Å²) in [6.07, 6.45) is 6.00. The SMILES string of the molecule is C=CCN(CC=C)C(c1ccco1)c1sc2nc(CC)nn2c1O. The number of aryl methyl sites for hydroxylation is 1. The maximum atomic E-state index is 10.7. The third-order valence-electron chi connectivity index (χ3n) is 3.71. The van der Waals surface area contributed by atoms with Crippen molar-refractivity contribution in [3.8, 4) is 5.88 Å². The Labute approximate surface area is 144 Å². The second kappa shape index (κ2) is 7.02. The van der Waals surface area contributed by atoms with Crippen LogP contribution in [0.25, 0.3) is 4.96 Å². The number of hydrogen-bond donors (Lipinski definition) is 1. The maximum absolute atomic E-state index is 10.7. The lowest BCUT2D eigenvalue weighted by atomic mass is 10.1. The highest BCUT2D eigenvalue weighted by Gasteiger charge is 2.30. The highest BCUT2D eigenvalue weighted by atomic mass is 32.1. The predicted octanol–water partition coefficient (Wildman–Crippen LogP) is 3.42. The topological polar surface area (TPSA) is 66.8 Å². The van der Waals surface area contributed by atoms with Crippen LogP contribution in [0, 0.1) is 0 Å². The van der Waals surface area contributed by atoms with Crippen LogP contribution in [0.3, 0.4) is 0 Å². The van der Waals surface area contributed by atoms with Crippen molar-refractivity contribution in [3.05, 3.63) is 60.2 Å². The third-order valence-corrected chi connectivity index (χ3v) is 4.79. The number of furan rings is 1. The Morgan fingerprint density at radius 3 is 2.71 bits per heavy atom. The lowest BCUT2D eigenvalue weighted by Gasteiger charge is -2.27. The second-order valence-electron chi connectivity index (χ2n) is 5.32. The van der Waals surface area contributed by atoms with Gasteiger partial charge in [0.15, 0.2) is 5.82 Å². The first-order valence-corrected chi connectivity index (χ1v) is 8.57. The van der Waals surface area contributed by atoms with E-state index in [2.05, 4.69) is 28.1 Å². The predicted molar refractivity (Wildman–Crippen MR) is 94.4 cm³/mol. The Hall–Kier alpha value is -2.38. The summed E-state index contributed by atoms with van der Waals surface area (Å²) in [6.45, 7) is 10.9. The van der Waals surface area contributed by atoms with Gasteiger partial charge in [0.25, 0.3) is 0 Å². The van der Waals surface area contributed by atoms with E-state index in [0.717, 1.165) is 17.1 Å². The lowest BCUT2D eigenvalue weighted by molar-refractivity contribution is 0.244. The highest BCUT2D eigenvalue weighted by Crippen LogP contribution is 2.39. The summed E-state index contributed by atoms with van der Waals surface area (Å²) in [5.74, 6) is 1.56. The fourth-order valence-corrected chi connectivity index (χ4v) is 3.77. The molecule has 0 bridgehead atoms. The number of aromatic nitrogens is 3. The van der Waals surface area contributed by atoms with Gasteiger partial charge in [-0.2, -0.15) is 4.52 Å². The van der Waals surface area contributed by atoms with Crippen LogP contribution in [0.5, 0.6) is 5.88 Å². The molecule has 24 heavy (non-hydrogen) atoms. The fraction of sp³-hybridized carbons (Fsp3) is 0.294. The first kappa shape index (κ1) is 16.5. The molecule has 1 unspecified atom stereocenters. The molecule has 0 saturated heterocycles. The molecule has 0 aromatic carbocycles. The minimum atomic E-state index is -0.255. The van der Waals surface area contributed by atoms with Crippen LogP contribution in [0.2, 0.25) is 0 Å². The first-order valence-electron chi connectivity index (χ1n) is 7.76. The van der Waals surface area contributed by atoms with E-state index in [4.69, 9.17) is 4.42 Å². The van der Waals surface area contributed by atoms with Crippen molar-refractivity contribution in [1.82, 2.24) is 19.5 Å². The van der Waals surface area contributed by atoms with Crippen molar-refractivity contribution in [2.75, 3.05) is 13.1 Å². The zero-order valence-corrected chi connectivity index (χ0v) is 14.4. The molecule has 0 amide bonds. The molecule has 3 rings (SSSR count). The molecule has 0 aliphatic rings. The Morgan fingerprint density at radius 1 is 1.42 bits per heavy atom. The molecule has 3 aromatic rings. The number of rotatable bonds is 8. The largest absolute Gasteiger partial charge is 0.492 e.